The van der Waals surface area contributed by atoms with Gasteiger partial charge in [0, 0.05) is 5.33 Å². The number of hydrogen-bond donors (Lipinski definition) is 1. The summed E-state index contributed by atoms with van der Waals surface area (Å²) in [6.07, 6.45) is 0.966. The number of carboxylic acid groups (broad SMARTS) is 1. The average Bonchev–Trinajstić information content (AvgIpc) is 2.19. The van der Waals surface area contributed by atoms with Crippen LogP contribution in [0.1, 0.15) is 25.0 Å². The van der Waals surface area contributed by atoms with E-state index in [0.29, 0.717) is 0 Å². The predicted molar refractivity (Wildman–Crippen MR) is 64.6 cm³/mol. The molecule has 0 unspecified atom stereocenters. The van der Waals surface area contributed by atoms with Crippen LogP contribution < -0.4 is 0 Å². The second kappa shape index (κ2) is 4.79. The smallest absolute Gasteiger partial charge is 0.313 e. The van der Waals surface area contributed by atoms with E-state index in [1.807, 2.05) is 24.3 Å². The maximum absolute atomic E-state index is 11.0. The van der Waals surface area contributed by atoms with E-state index >= 15 is 0 Å². The third kappa shape index (κ3) is 2.81. The number of halogens is 1. The van der Waals surface area contributed by atoms with Crippen LogP contribution in [-0.4, -0.2) is 16.4 Å². The molecule has 0 saturated heterocycles. The lowest BCUT2D eigenvalue weighted by Gasteiger charge is -2.19. The number of aryl methyl sites for hydroxylation is 1. The summed E-state index contributed by atoms with van der Waals surface area (Å²) in [5, 5.41) is 9.99. The van der Waals surface area contributed by atoms with Crippen molar-refractivity contribution in [3.05, 3.63) is 35.4 Å². The molecule has 0 aliphatic rings. The van der Waals surface area contributed by atoms with Gasteiger partial charge in [-0.15, -0.1) is 0 Å². The van der Waals surface area contributed by atoms with Crippen molar-refractivity contribution in [3.63, 3.8) is 0 Å². The van der Waals surface area contributed by atoms with E-state index in [9.17, 15) is 4.79 Å². The average molecular weight is 271 g/mol. The van der Waals surface area contributed by atoms with Crippen molar-refractivity contribution in [3.8, 4) is 0 Å². The standard InChI is InChI=1S/C12H15BrO2/c1-12(2,11(14)15)10-5-3-9(4-6-10)7-8-13/h3-6H,7-8H2,1-2H3,(H,14,15). The first kappa shape index (κ1) is 12.2. The van der Waals surface area contributed by atoms with E-state index in [-0.39, 0.29) is 0 Å². The number of alkyl halides is 1. The number of rotatable bonds is 4. The van der Waals surface area contributed by atoms with E-state index in [0.717, 1.165) is 17.3 Å². The first-order valence-electron chi connectivity index (χ1n) is 4.87. The molecule has 1 N–H and O–H groups in total. The molecule has 82 valence electrons. The molecule has 0 atom stereocenters. The molecule has 15 heavy (non-hydrogen) atoms. The lowest BCUT2D eigenvalue weighted by molar-refractivity contribution is -0.142. The Morgan fingerprint density at radius 2 is 1.87 bits per heavy atom. The van der Waals surface area contributed by atoms with E-state index in [2.05, 4.69) is 15.9 Å². The third-order valence-electron chi connectivity index (χ3n) is 2.59. The molecule has 0 aromatic heterocycles. The Labute approximate surface area is 98.4 Å². The summed E-state index contributed by atoms with van der Waals surface area (Å²) in [6, 6.07) is 7.76. The third-order valence-corrected chi connectivity index (χ3v) is 2.99. The number of carboxylic acids is 1. The summed E-state index contributed by atoms with van der Waals surface area (Å²) in [4.78, 5) is 11.0. The van der Waals surface area contributed by atoms with Crippen LogP contribution in [0.3, 0.4) is 0 Å². The molecule has 1 aromatic carbocycles. The second-order valence-electron chi connectivity index (χ2n) is 4.07. The fourth-order valence-electron chi connectivity index (χ4n) is 1.32. The molecule has 0 spiro atoms. The molecule has 3 heteroatoms. The molecular formula is C12H15BrO2. The molecule has 2 nitrogen and oxygen atoms in total. The minimum absolute atomic E-state index is 0.796. The first-order chi connectivity index (χ1) is 6.98. The van der Waals surface area contributed by atoms with Gasteiger partial charge in [0.25, 0.3) is 0 Å². The summed E-state index contributed by atoms with van der Waals surface area (Å²) in [6.45, 7) is 3.43. The number of carbonyl (C=O) groups is 1. The zero-order chi connectivity index (χ0) is 11.5. The Kier molecular flexibility index (Phi) is 3.91. The highest BCUT2D eigenvalue weighted by Crippen LogP contribution is 2.23. The summed E-state index contributed by atoms with van der Waals surface area (Å²) >= 11 is 3.37. The van der Waals surface area contributed by atoms with Gasteiger partial charge in [0.05, 0.1) is 5.41 Å². The normalized spacial score (nSPS) is 11.4. The van der Waals surface area contributed by atoms with Crippen LogP contribution in [0.2, 0.25) is 0 Å². The van der Waals surface area contributed by atoms with Gasteiger partial charge < -0.3 is 5.11 Å². The van der Waals surface area contributed by atoms with Gasteiger partial charge >= 0.3 is 5.97 Å². The van der Waals surface area contributed by atoms with Crippen molar-refractivity contribution in [2.45, 2.75) is 25.7 Å². The van der Waals surface area contributed by atoms with Crippen LogP contribution in [0.5, 0.6) is 0 Å². The van der Waals surface area contributed by atoms with Gasteiger partial charge in [0.1, 0.15) is 0 Å². The van der Waals surface area contributed by atoms with Crippen molar-refractivity contribution in [2.24, 2.45) is 0 Å². The Balaban J connectivity index is 2.93. The zero-order valence-electron chi connectivity index (χ0n) is 8.96. The van der Waals surface area contributed by atoms with Crippen molar-refractivity contribution < 1.29 is 9.90 Å². The van der Waals surface area contributed by atoms with Gasteiger partial charge in [0.2, 0.25) is 0 Å². The Morgan fingerprint density at radius 1 is 1.33 bits per heavy atom. The van der Waals surface area contributed by atoms with Crippen molar-refractivity contribution >= 4 is 21.9 Å². The molecule has 1 rings (SSSR count). The largest absolute Gasteiger partial charge is 0.481 e. The Morgan fingerprint density at radius 3 is 2.27 bits per heavy atom. The summed E-state index contributed by atoms with van der Waals surface area (Å²) < 4.78 is 0. The maximum Gasteiger partial charge on any atom is 0.313 e. The number of aliphatic carboxylic acids is 1. The fraction of sp³-hybridized carbons (Fsp3) is 0.417. The fourth-order valence-corrected chi connectivity index (χ4v) is 1.78. The summed E-state index contributed by atoms with van der Waals surface area (Å²) in [5.41, 5.74) is 1.25. The zero-order valence-corrected chi connectivity index (χ0v) is 10.5. The van der Waals surface area contributed by atoms with Crippen molar-refractivity contribution in [1.29, 1.82) is 0 Å². The molecule has 0 aliphatic heterocycles. The lowest BCUT2D eigenvalue weighted by atomic mass is 9.84. The van der Waals surface area contributed by atoms with Gasteiger partial charge in [0.15, 0.2) is 0 Å². The van der Waals surface area contributed by atoms with Crippen LogP contribution in [0.15, 0.2) is 24.3 Å². The highest BCUT2D eigenvalue weighted by molar-refractivity contribution is 9.09. The minimum atomic E-state index is -0.813. The van der Waals surface area contributed by atoms with Gasteiger partial charge in [-0.05, 0) is 31.4 Å². The van der Waals surface area contributed by atoms with Crippen LogP contribution in [0.25, 0.3) is 0 Å². The molecule has 1 aromatic rings. The SMILES string of the molecule is CC(C)(C(=O)O)c1ccc(CCBr)cc1. The van der Waals surface area contributed by atoms with Crippen LogP contribution >= 0.6 is 15.9 Å². The second-order valence-corrected chi connectivity index (χ2v) is 4.86. The molecular weight excluding hydrogens is 256 g/mol. The number of benzene rings is 1. The molecule has 0 fully saturated rings. The van der Waals surface area contributed by atoms with Gasteiger partial charge in [-0.25, -0.2) is 0 Å². The maximum atomic E-state index is 11.0. The highest BCUT2D eigenvalue weighted by Gasteiger charge is 2.28. The van der Waals surface area contributed by atoms with Crippen molar-refractivity contribution in [1.82, 2.24) is 0 Å². The van der Waals surface area contributed by atoms with Crippen LogP contribution in [0.4, 0.5) is 0 Å². The lowest BCUT2D eigenvalue weighted by Crippen LogP contribution is -2.28. The molecule has 0 radical (unpaired) electrons. The van der Waals surface area contributed by atoms with E-state index < -0.39 is 11.4 Å². The Bertz CT molecular complexity index is 341. The molecule has 0 heterocycles. The monoisotopic (exact) mass is 270 g/mol. The first-order valence-corrected chi connectivity index (χ1v) is 5.99. The Hall–Kier alpha value is -0.830. The molecule has 0 bridgehead atoms. The summed E-state index contributed by atoms with van der Waals surface area (Å²) in [7, 11) is 0. The topological polar surface area (TPSA) is 37.3 Å². The van der Waals surface area contributed by atoms with Crippen LogP contribution in [-0.2, 0) is 16.6 Å². The summed E-state index contributed by atoms with van der Waals surface area (Å²) in [5.74, 6) is -0.796. The van der Waals surface area contributed by atoms with E-state index in [4.69, 9.17) is 5.11 Å². The number of hydrogen-bond acceptors (Lipinski definition) is 1. The van der Waals surface area contributed by atoms with Crippen molar-refractivity contribution in [2.75, 3.05) is 5.33 Å². The molecule has 0 amide bonds. The van der Waals surface area contributed by atoms with Crippen LogP contribution in [0, 0.1) is 0 Å². The highest BCUT2D eigenvalue weighted by atomic mass is 79.9. The molecule has 0 aliphatic carbocycles. The predicted octanol–water partition coefficient (Wildman–Crippen LogP) is 2.99. The van der Waals surface area contributed by atoms with E-state index in [1.54, 1.807) is 13.8 Å². The van der Waals surface area contributed by atoms with Gasteiger partial charge in [-0.1, -0.05) is 40.2 Å². The molecule has 0 saturated carbocycles. The quantitative estimate of drug-likeness (QED) is 0.855. The van der Waals surface area contributed by atoms with Gasteiger partial charge in [-0.3, -0.25) is 4.79 Å². The van der Waals surface area contributed by atoms with Gasteiger partial charge in [-0.2, -0.15) is 0 Å². The van der Waals surface area contributed by atoms with E-state index in [1.165, 1.54) is 5.56 Å². The minimum Gasteiger partial charge on any atom is -0.481 e.